The van der Waals surface area contributed by atoms with Crippen LogP contribution in [0.4, 0.5) is 10.1 Å². The summed E-state index contributed by atoms with van der Waals surface area (Å²) in [4.78, 5) is 27.8. The van der Waals surface area contributed by atoms with E-state index in [2.05, 4.69) is 19.9 Å². The van der Waals surface area contributed by atoms with Crippen molar-refractivity contribution in [1.82, 2.24) is 24.2 Å². The molecular weight excluding hydrogens is 435 g/mol. The van der Waals surface area contributed by atoms with Crippen molar-refractivity contribution < 1.29 is 17.6 Å². The summed E-state index contributed by atoms with van der Waals surface area (Å²) in [6, 6.07) is 6.49. The van der Waals surface area contributed by atoms with Gasteiger partial charge in [0.05, 0.1) is 11.4 Å². The molecule has 4 heterocycles. The molecule has 2 aliphatic heterocycles. The lowest BCUT2D eigenvalue weighted by molar-refractivity contribution is -0.135. The fraction of sp³-hybridized carbons (Fsp3) is 0.381. The highest BCUT2D eigenvalue weighted by Gasteiger charge is 2.39. The van der Waals surface area contributed by atoms with Crippen LogP contribution in [-0.2, 0) is 14.8 Å². The van der Waals surface area contributed by atoms with E-state index < -0.39 is 10.0 Å². The van der Waals surface area contributed by atoms with Gasteiger partial charge in [-0.3, -0.25) is 9.78 Å². The number of carbonyl (C=O) groups excluding carboxylic acids is 1. The molecule has 3 aromatic rings. The van der Waals surface area contributed by atoms with Crippen molar-refractivity contribution in [3.05, 3.63) is 48.7 Å². The predicted octanol–water partition coefficient (Wildman–Crippen LogP) is 1.46. The number of benzene rings is 1. The van der Waals surface area contributed by atoms with Crippen molar-refractivity contribution in [2.45, 2.75) is 11.6 Å². The number of H-pyrrole nitrogens is 1. The van der Waals surface area contributed by atoms with Crippen LogP contribution in [0.1, 0.15) is 6.42 Å². The van der Waals surface area contributed by atoms with Gasteiger partial charge in [-0.15, -0.1) is 0 Å². The fourth-order valence-electron chi connectivity index (χ4n) is 4.47. The zero-order chi connectivity index (χ0) is 22.3. The minimum atomic E-state index is -3.71. The quantitative estimate of drug-likeness (QED) is 0.635. The molecule has 0 saturated carbocycles. The van der Waals surface area contributed by atoms with Gasteiger partial charge in [0, 0.05) is 75.0 Å². The first-order chi connectivity index (χ1) is 15.4. The molecule has 1 atom stereocenters. The van der Waals surface area contributed by atoms with Crippen LogP contribution in [0.2, 0.25) is 0 Å². The highest BCUT2D eigenvalue weighted by atomic mass is 32.2. The molecule has 2 aromatic heterocycles. The molecule has 0 radical (unpaired) electrons. The Hall–Kier alpha value is -3.05. The normalized spacial score (nSPS) is 20.2. The first-order valence-electron chi connectivity index (χ1n) is 10.5. The number of sulfonamides is 1. The molecule has 1 amide bonds. The van der Waals surface area contributed by atoms with E-state index in [4.69, 9.17) is 0 Å². The van der Waals surface area contributed by atoms with E-state index in [9.17, 15) is 17.6 Å². The molecule has 32 heavy (non-hydrogen) atoms. The van der Waals surface area contributed by atoms with Crippen molar-refractivity contribution in [2.75, 3.05) is 44.2 Å². The second-order valence-electron chi connectivity index (χ2n) is 8.05. The van der Waals surface area contributed by atoms with Crippen LogP contribution in [0.25, 0.3) is 10.9 Å². The number of imidazole rings is 1. The van der Waals surface area contributed by atoms with Gasteiger partial charge in [-0.1, -0.05) is 0 Å². The first-order valence-corrected chi connectivity index (χ1v) is 11.9. The Kier molecular flexibility index (Phi) is 5.30. The minimum absolute atomic E-state index is 0.0107. The molecule has 2 aliphatic rings. The number of anilines is 1. The number of aromatic nitrogens is 3. The third-order valence-electron chi connectivity index (χ3n) is 6.17. The predicted molar refractivity (Wildman–Crippen MR) is 116 cm³/mol. The molecule has 0 bridgehead atoms. The zero-order valence-corrected chi connectivity index (χ0v) is 18.1. The molecule has 1 N–H and O–H groups in total. The minimum Gasteiger partial charge on any atom is -0.367 e. The van der Waals surface area contributed by atoms with E-state index in [-0.39, 0.29) is 29.3 Å². The average molecular weight is 459 g/mol. The molecule has 9 nitrogen and oxygen atoms in total. The number of halogens is 1. The Morgan fingerprint density at radius 1 is 1.06 bits per heavy atom. The molecule has 168 valence electrons. The SMILES string of the molecule is O=C([C@@H]1CCN(S(=O)(=O)c2ncc[nH]2)C1)N1CCN(c2ccnc3cc(F)ccc23)CC1. The van der Waals surface area contributed by atoms with Gasteiger partial charge >= 0.3 is 0 Å². The number of nitrogens with one attached hydrogen (secondary N) is 1. The second kappa shape index (κ2) is 8.14. The Bertz CT molecular complexity index is 1240. The summed E-state index contributed by atoms with van der Waals surface area (Å²) in [7, 11) is -3.71. The van der Waals surface area contributed by atoms with Gasteiger partial charge in [0.1, 0.15) is 5.82 Å². The molecule has 0 spiro atoms. The van der Waals surface area contributed by atoms with Crippen LogP contribution >= 0.6 is 0 Å². The van der Waals surface area contributed by atoms with Crippen molar-refractivity contribution >= 4 is 32.5 Å². The first kappa shape index (κ1) is 20.8. The van der Waals surface area contributed by atoms with E-state index in [1.54, 1.807) is 12.3 Å². The monoisotopic (exact) mass is 458 g/mol. The number of nitrogens with zero attached hydrogens (tertiary/aromatic N) is 5. The number of rotatable bonds is 4. The number of carbonyl (C=O) groups is 1. The lowest BCUT2D eigenvalue weighted by atomic mass is 10.1. The number of amides is 1. The number of fused-ring (bicyclic) bond motifs is 1. The second-order valence-corrected chi connectivity index (χ2v) is 9.90. The third-order valence-corrected chi connectivity index (χ3v) is 7.89. The van der Waals surface area contributed by atoms with E-state index in [1.807, 2.05) is 11.0 Å². The molecule has 2 fully saturated rings. The highest BCUT2D eigenvalue weighted by Crippen LogP contribution is 2.28. The Balaban J connectivity index is 1.23. The molecule has 2 saturated heterocycles. The lowest BCUT2D eigenvalue weighted by Gasteiger charge is -2.37. The van der Waals surface area contributed by atoms with Crippen molar-refractivity contribution in [1.29, 1.82) is 0 Å². The smallest absolute Gasteiger partial charge is 0.276 e. The standard InChI is InChI=1S/C21H23FN6O3S/c22-16-1-2-17-18(13-16)23-5-3-19(17)26-9-11-27(12-10-26)20(29)15-4-8-28(14-15)32(30,31)21-24-6-7-25-21/h1-3,5-7,13,15H,4,8-12,14H2,(H,24,25)/t15-/m1/s1. The molecule has 1 aromatic carbocycles. The van der Waals surface area contributed by atoms with Crippen molar-refractivity contribution in [2.24, 2.45) is 5.92 Å². The Morgan fingerprint density at radius 2 is 1.88 bits per heavy atom. The summed E-state index contributed by atoms with van der Waals surface area (Å²) in [5, 5.41) is 0.784. The van der Waals surface area contributed by atoms with E-state index in [0.29, 0.717) is 44.7 Å². The zero-order valence-electron chi connectivity index (χ0n) is 17.3. The number of hydrogen-bond donors (Lipinski definition) is 1. The highest BCUT2D eigenvalue weighted by molar-refractivity contribution is 7.89. The molecular formula is C21H23FN6O3S. The maximum atomic E-state index is 13.5. The maximum Gasteiger partial charge on any atom is 0.276 e. The number of aromatic amines is 1. The Morgan fingerprint density at radius 3 is 2.62 bits per heavy atom. The largest absolute Gasteiger partial charge is 0.367 e. The molecule has 11 heteroatoms. The number of pyridine rings is 1. The summed E-state index contributed by atoms with van der Waals surface area (Å²) >= 11 is 0. The van der Waals surface area contributed by atoms with E-state index in [1.165, 1.54) is 28.8 Å². The summed E-state index contributed by atoms with van der Waals surface area (Å²) in [5.74, 6) is -0.684. The molecule has 0 unspecified atom stereocenters. The van der Waals surface area contributed by atoms with Crippen molar-refractivity contribution in [3.8, 4) is 0 Å². The van der Waals surface area contributed by atoms with E-state index in [0.717, 1.165) is 11.1 Å². The summed E-state index contributed by atoms with van der Waals surface area (Å²) in [6.07, 6.45) is 5.03. The lowest BCUT2D eigenvalue weighted by Crippen LogP contribution is -2.50. The van der Waals surface area contributed by atoms with Gasteiger partial charge in [0.15, 0.2) is 0 Å². The third kappa shape index (κ3) is 3.71. The molecule has 0 aliphatic carbocycles. The fourth-order valence-corrected chi connectivity index (χ4v) is 5.85. The topological polar surface area (TPSA) is 102 Å². The van der Waals surface area contributed by atoms with Crippen molar-refractivity contribution in [3.63, 3.8) is 0 Å². The summed E-state index contributed by atoms with van der Waals surface area (Å²) < 4.78 is 40.1. The van der Waals surface area contributed by atoms with Gasteiger partial charge in [0.2, 0.25) is 11.1 Å². The number of hydrogen-bond acceptors (Lipinski definition) is 6. The van der Waals surface area contributed by atoms with Gasteiger partial charge in [-0.05, 0) is 24.6 Å². The van der Waals surface area contributed by atoms with Crippen LogP contribution < -0.4 is 4.90 Å². The van der Waals surface area contributed by atoms with Gasteiger partial charge in [0.25, 0.3) is 10.0 Å². The maximum absolute atomic E-state index is 13.5. The summed E-state index contributed by atoms with van der Waals surface area (Å²) in [6.45, 7) is 2.85. The van der Waals surface area contributed by atoms with Crippen LogP contribution in [0.5, 0.6) is 0 Å². The van der Waals surface area contributed by atoms with Gasteiger partial charge < -0.3 is 14.8 Å². The van der Waals surface area contributed by atoms with Crippen LogP contribution in [0.3, 0.4) is 0 Å². The van der Waals surface area contributed by atoms with Crippen LogP contribution in [0.15, 0.2) is 48.0 Å². The van der Waals surface area contributed by atoms with Crippen LogP contribution in [0, 0.1) is 11.7 Å². The Labute approximate surface area is 184 Å². The number of piperazine rings is 1. The molecule has 5 rings (SSSR count). The van der Waals surface area contributed by atoms with Crippen LogP contribution in [-0.4, -0.2) is 77.8 Å². The average Bonchev–Trinajstić information content (AvgIpc) is 3.51. The van der Waals surface area contributed by atoms with E-state index >= 15 is 0 Å². The van der Waals surface area contributed by atoms with Gasteiger partial charge in [-0.2, -0.15) is 4.31 Å². The summed E-state index contributed by atoms with van der Waals surface area (Å²) in [5.41, 5.74) is 1.57. The van der Waals surface area contributed by atoms with Gasteiger partial charge in [-0.25, -0.2) is 17.8 Å².